The monoisotopic (exact) mass is 279 g/mol. The quantitative estimate of drug-likeness (QED) is 0.904. The third kappa shape index (κ3) is 3.55. The Morgan fingerprint density at radius 3 is 2.47 bits per heavy atom. The first-order valence-corrected chi connectivity index (χ1v) is 6.79. The smallest absolute Gasteiger partial charge is 0.233 e. The Hall–Kier alpha value is -1.39. The minimum atomic E-state index is 0.0156. The zero-order valence-corrected chi connectivity index (χ0v) is 12.1. The molecule has 0 amide bonds. The molecule has 5 heteroatoms. The van der Waals surface area contributed by atoms with Gasteiger partial charge in [0.2, 0.25) is 11.8 Å². The molecule has 0 aliphatic heterocycles. The fourth-order valence-electron chi connectivity index (χ4n) is 2.00. The SMILES string of the molecule is CC[C@@H](N[C@@H](C)c1nnc(C)o1)c1ccc(Cl)cc1. The summed E-state index contributed by atoms with van der Waals surface area (Å²) in [5.74, 6) is 1.20. The molecule has 0 aliphatic carbocycles. The topological polar surface area (TPSA) is 51.0 Å². The fourth-order valence-corrected chi connectivity index (χ4v) is 2.13. The molecule has 2 aromatic rings. The van der Waals surface area contributed by atoms with Gasteiger partial charge in [-0.1, -0.05) is 30.7 Å². The third-order valence-electron chi connectivity index (χ3n) is 3.04. The fraction of sp³-hybridized carbons (Fsp3) is 0.429. The molecule has 0 saturated heterocycles. The second kappa shape index (κ2) is 6.17. The summed E-state index contributed by atoms with van der Waals surface area (Å²) in [6, 6.07) is 8.14. The lowest BCUT2D eigenvalue weighted by Gasteiger charge is -2.20. The molecule has 102 valence electrons. The van der Waals surface area contributed by atoms with Crippen LogP contribution in [0, 0.1) is 6.92 Å². The highest BCUT2D eigenvalue weighted by molar-refractivity contribution is 6.30. The average Bonchev–Trinajstić information content (AvgIpc) is 2.84. The average molecular weight is 280 g/mol. The summed E-state index contributed by atoms with van der Waals surface area (Å²) >= 11 is 5.91. The van der Waals surface area contributed by atoms with Crippen molar-refractivity contribution in [3.05, 3.63) is 46.6 Å². The molecular weight excluding hydrogens is 262 g/mol. The highest BCUT2D eigenvalue weighted by Gasteiger charge is 2.17. The van der Waals surface area contributed by atoms with Gasteiger partial charge in [-0.15, -0.1) is 10.2 Å². The van der Waals surface area contributed by atoms with Gasteiger partial charge in [0.25, 0.3) is 0 Å². The molecular formula is C14H18ClN3O. The summed E-state index contributed by atoms with van der Waals surface area (Å²) in [6.07, 6.45) is 0.971. The number of hydrogen-bond donors (Lipinski definition) is 1. The third-order valence-corrected chi connectivity index (χ3v) is 3.30. The van der Waals surface area contributed by atoms with Gasteiger partial charge < -0.3 is 4.42 Å². The van der Waals surface area contributed by atoms with Crippen molar-refractivity contribution in [2.75, 3.05) is 0 Å². The molecule has 0 fully saturated rings. The van der Waals surface area contributed by atoms with Crippen LogP contribution in [0.4, 0.5) is 0 Å². The molecule has 2 atom stereocenters. The van der Waals surface area contributed by atoms with Gasteiger partial charge >= 0.3 is 0 Å². The van der Waals surface area contributed by atoms with E-state index in [1.54, 1.807) is 6.92 Å². The number of nitrogens with one attached hydrogen (secondary N) is 1. The van der Waals surface area contributed by atoms with Crippen LogP contribution in [0.1, 0.15) is 49.7 Å². The first-order chi connectivity index (χ1) is 9.10. The summed E-state index contributed by atoms with van der Waals surface area (Å²) in [7, 11) is 0. The predicted octanol–water partition coefficient (Wildman–Crippen LogP) is 3.83. The second-order valence-corrected chi connectivity index (χ2v) is 5.00. The number of nitrogens with zero attached hydrogens (tertiary/aromatic N) is 2. The molecule has 4 nitrogen and oxygen atoms in total. The van der Waals surface area contributed by atoms with E-state index in [0.29, 0.717) is 11.8 Å². The molecule has 1 N–H and O–H groups in total. The number of halogens is 1. The number of aryl methyl sites for hydroxylation is 1. The summed E-state index contributed by atoms with van der Waals surface area (Å²) in [4.78, 5) is 0. The van der Waals surface area contributed by atoms with Crippen molar-refractivity contribution in [3.63, 3.8) is 0 Å². The molecule has 0 aliphatic rings. The molecule has 1 heterocycles. The molecule has 1 aromatic heterocycles. The van der Waals surface area contributed by atoms with Crippen molar-refractivity contribution in [3.8, 4) is 0 Å². The molecule has 1 aromatic carbocycles. The van der Waals surface area contributed by atoms with E-state index in [1.165, 1.54) is 5.56 Å². The van der Waals surface area contributed by atoms with Crippen LogP contribution in [-0.2, 0) is 0 Å². The molecule has 0 bridgehead atoms. The maximum Gasteiger partial charge on any atom is 0.233 e. The van der Waals surface area contributed by atoms with Crippen molar-refractivity contribution in [2.45, 2.75) is 39.3 Å². The maximum absolute atomic E-state index is 5.91. The van der Waals surface area contributed by atoms with E-state index >= 15 is 0 Å². The Morgan fingerprint density at radius 2 is 1.95 bits per heavy atom. The lowest BCUT2D eigenvalue weighted by atomic mass is 10.0. The second-order valence-electron chi connectivity index (χ2n) is 4.56. The van der Waals surface area contributed by atoms with Crippen LogP contribution in [-0.4, -0.2) is 10.2 Å². The Bertz CT molecular complexity index is 524. The normalized spacial score (nSPS) is 14.3. The van der Waals surface area contributed by atoms with Gasteiger partial charge in [0, 0.05) is 18.0 Å². The van der Waals surface area contributed by atoms with Gasteiger partial charge in [0.15, 0.2) is 0 Å². The van der Waals surface area contributed by atoms with Crippen molar-refractivity contribution >= 4 is 11.6 Å². The largest absolute Gasteiger partial charge is 0.424 e. The Labute approximate surface area is 118 Å². The lowest BCUT2D eigenvalue weighted by molar-refractivity contribution is 0.367. The van der Waals surface area contributed by atoms with Crippen LogP contribution in [0.3, 0.4) is 0 Å². The van der Waals surface area contributed by atoms with Gasteiger partial charge in [-0.2, -0.15) is 0 Å². The van der Waals surface area contributed by atoms with E-state index < -0.39 is 0 Å². The Morgan fingerprint density at radius 1 is 1.26 bits per heavy atom. The lowest BCUT2D eigenvalue weighted by Crippen LogP contribution is -2.24. The van der Waals surface area contributed by atoms with E-state index in [4.69, 9.17) is 16.0 Å². The van der Waals surface area contributed by atoms with Crippen LogP contribution in [0.15, 0.2) is 28.7 Å². The van der Waals surface area contributed by atoms with Gasteiger partial charge in [-0.3, -0.25) is 5.32 Å². The molecule has 19 heavy (non-hydrogen) atoms. The number of benzene rings is 1. The number of aromatic nitrogens is 2. The van der Waals surface area contributed by atoms with E-state index in [1.807, 2.05) is 31.2 Å². The van der Waals surface area contributed by atoms with E-state index in [0.717, 1.165) is 11.4 Å². The zero-order chi connectivity index (χ0) is 13.8. The van der Waals surface area contributed by atoms with Gasteiger partial charge in [-0.05, 0) is 31.0 Å². The van der Waals surface area contributed by atoms with E-state index in [2.05, 4.69) is 22.4 Å². The van der Waals surface area contributed by atoms with E-state index in [9.17, 15) is 0 Å². The predicted molar refractivity (Wildman–Crippen MR) is 75.1 cm³/mol. The number of rotatable bonds is 5. The molecule has 0 spiro atoms. The zero-order valence-electron chi connectivity index (χ0n) is 11.4. The van der Waals surface area contributed by atoms with Crippen LogP contribution < -0.4 is 5.32 Å². The first-order valence-electron chi connectivity index (χ1n) is 6.41. The van der Waals surface area contributed by atoms with Crippen LogP contribution in [0.25, 0.3) is 0 Å². The van der Waals surface area contributed by atoms with Crippen LogP contribution in [0.5, 0.6) is 0 Å². The standard InChI is InChI=1S/C14H18ClN3O/c1-4-13(11-5-7-12(15)8-6-11)16-9(2)14-18-17-10(3)19-14/h5-9,13,16H,4H2,1-3H3/t9-,13+/m0/s1. The summed E-state index contributed by atoms with van der Waals surface area (Å²) in [5.41, 5.74) is 1.20. The first kappa shape index (κ1) is 14.0. The molecule has 2 rings (SSSR count). The summed E-state index contributed by atoms with van der Waals surface area (Å²) < 4.78 is 5.44. The Balaban J connectivity index is 2.08. The van der Waals surface area contributed by atoms with Crippen molar-refractivity contribution in [1.82, 2.24) is 15.5 Å². The molecule has 0 saturated carbocycles. The van der Waals surface area contributed by atoms with Crippen molar-refractivity contribution in [2.24, 2.45) is 0 Å². The maximum atomic E-state index is 5.91. The highest BCUT2D eigenvalue weighted by atomic mass is 35.5. The van der Waals surface area contributed by atoms with Crippen LogP contribution >= 0.6 is 11.6 Å². The molecule has 0 radical (unpaired) electrons. The highest BCUT2D eigenvalue weighted by Crippen LogP contribution is 2.23. The minimum absolute atomic E-state index is 0.0156. The van der Waals surface area contributed by atoms with Gasteiger partial charge in [-0.25, -0.2) is 0 Å². The van der Waals surface area contributed by atoms with Gasteiger partial charge in [0.1, 0.15) is 0 Å². The summed E-state index contributed by atoms with van der Waals surface area (Å²) in [5, 5.41) is 12.1. The summed E-state index contributed by atoms with van der Waals surface area (Å²) in [6.45, 7) is 5.95. The van der Waals surface area contributed by atoms with Gasteiger partial charge in [0.05, 0.1) is 6.04 Å². The van der Waals surface area contributed by atoms with Crippen molar-refractivity contribution in [1.29, 1.82) is 0 Å². The van der Waals surface area contributed by atoms with Crippen LogP contribution in [0.2, 0.25) is 5.02 Å². The molecule has 0 unspecified atom stereocenters. The minimum Gasteiger partial charge on any atom is -0.424 e. The number of hydrogen-bond acceptors (Lipinski definition) is 4. The van der Waals surface area contributed by atoms with Crippen molar-refractivity contribution < 1.29 is 4.42 Å². The van der Waals surface area contributed by atoms with E-state index in [-0.39, 0.29) is 12.1 Å². The Kier molecular flexibility index (Phi) is 4.56.